The van der Waals surface area contributed by atoms with E-state index in [1.165, 1.54) is 25.7 Å². The van der Waals surface area contributed by atoms with Crippen LogP contribution in [0.25, 0.3) is 0 Å². The molecule has 0 fully saturated rings. The average Bonchev–Trinajstić information content (AvgIpc) is 2.27. The topological polar surface area (TPSA) is 17.1 Å². The van der Waals surface area contributed by atoms with Gasteiger partial charge in [-0.15, -0.1) is 0 Å². The molecule has 0 spiro atoms. The summed E-state index contributed by atoms with van der Waals surface area (Å²) in [6.07, 6.45) is 11.0. The van der Waals surface area contributed by atoms with Gasteiger partial charge >= 0.3 is 0 Å². The van der Waals surface area contributed by atoms with Gasteiger partial charge in [-0.2, -0.15) is 0 Å². The highest BCUT2D eigenvalue weighted by molar-refractivity contribution is 5.94. The zero-order valence-electron chi connectivity index (χ0n) is 10.6. The molecule has 0 unspecified atom stereocenters. The van der Waals surface area contributed by atoms with Crippen LogP contribution < -0.4 is 0 Å². The van der Waals surface area contributed by atoms with Gasteiger partial charge < -0.3 is 0 Å². The molecule has 0 aromatic heterocycles. The van der Waals surface area contributed by atoms with Crippen LogP contribution in [0.4, 0.5) is 0 Å². The van der Waals surface area contributed by atoms with E-state index in [0.29, 0.717) is 12.2 Å². The molecule has 0 rings (SSSR count). The summed E-state index contributed by atoms with van der Waals surface area (Å²) in [7, 11) is 0. The van der Waals surface area contributed by atoms with E-state index in [4.69, 9.17) is 0 Å². The fourth-order valence-electron chi connectivity index (χ4n) is 1.62. The molecule has 0 aliphatic rings. The molecule has 0 aliphatic carbocycles. The van der Waals surface area contributed by atoms with Crippen molar-refractivity contribution < 1.29 is 4.79 Å². The zero-order chi connectivity index (χ0) is 11.5. The van der Waals surface area contributed by atoms with E-state index in [2.05, 4.69) is 19.9 Å². The first kappa shape index (κ1) is 14.4. The summed E-state index contributed by atoms with van der Waals surface area (Å²) in [4.78, 5) is 11.6. The minimum absolute atomic E-state index is 0.347. The molecule has 0 bridgehead atoms. The average molecular weight is 210 g/mol. The van der Waals surface area contributed by atoms with Crippen molar-refractivity contribution in [3.8, 4) is 0 Å². The SMILES string of the molecule is CCCCC/C=C(/CCCC)C(=O)CC. The lowest BCUT2D eigenvalue weighted by molar-refractivity contribution is -0.115. The summed E-state index contributed by atoms with van der Waals surface area (Å²) in [6, 6.07) is 0. The van der Waals surface area contributed by atoms with E-state index in [1.54, 1.807) is 0 Å². The summed E-state index contributed by atoms with van der Waals surface area (Å²) in [6.45, 7) is 6.33. The Morgan fingerprint density at radius 2 is 1.67 bits per heavy atom. The van der Waals surface area contributed by atoms with Crippen molar-refractivity contribution in [2.24, 2.45) is 0 Å². The van der Waals surface area contributed by atoms with Gasteiger partial charge in [0.2, 0.25) is 0 Å². The Labute approximate surface area is 95.0 Å². The Morgan fingerprint density at radius 3 is 2.20 bits per heavy atom. The lowest BCUT2D eigenvalue weighted by atomic mass is 10.0. The Morgan fingerprint density at radius 1 is 1.00 bits per heavy atom. The van der Waals surface area contributed by atoms with Crippen LogP contribution in [0.15, 0.2) is 11.6 Å². The monoisotopic (exact) mass is 210 g/mol. The van der Waals surface area contributed by atoms with Crippen molar-refractivity contribution in [3.05, 3.63) is 11.6 Å². The second-order valence-electron chi connectivity index (χ2n) is 4.11. The quantitative estimate of drug-likeness (QED) is 0.399. The van der Waals surface area contributed by atoms with Crippen molar-refractivity contribution in [1.82, 2.24) is 0 Å². The maximum atomic E-state index is 11.6. The first-order chi connectivity index (χ1) is 7.26. The highest BCUT2D eigenvalue weighted by atomic mass is 16.1. The first-order valence-corrected chi connectivity index (χ1v) is 6.48. The van der Waals surface area contributed by atoms with E-state index in [-0.39, 0.29) is 0 Å². The molecule has 1 nitrogen and oxygen atoms in total. The predicted molar refractivity (Wildman–Crippen MR) is 67.0 cm³/mol. The van der Waals surface area contributed by atoms with Crippen LogP contribution in [0.5, 0.6) is 0 Å². The lowest BCUT2D eigenvalue weighted by Gasteiger charge is -2.04. The summed E-state index contributed by atoms with van der Waals surface area (Å²) >= 11 is 0. The van der Waals surface area contributed by atoms with E-state index in [1.807, 2.05) is 6.92 Å². The number of ketones is 1. The number of allylic oxidation sites excluding steroid dienone is 2. The molecule has 0 N–H and O–H groups in total. The van der Waals surface area contributed by atoms with Gasteiger partial charge in [-0.05, 0) is 31.3 Å². The predicted octanol–water partition coefficient (Wildman–Crippen LogP) is 4.66. The molecule has 15 heavy (non-hydrogen) atoms. The molecular formula is C14H26O. The number of hydrogen-bond acceptors (Lipinski definition) is 1. The fraction of sp³-hybridized carbons (Fsp3) is 0.786. The van der Waals surface area contributed by atoms with Gasteiger partial charge in [0.05, 0.1) is 0 Å². The van der Waals surface area contributed by atoms with Gasteiger partial charge in [-0.25, -0.2) is 0 Å². The van der Waals surface area contributed by atoms with Gasteiger partial charge in [0, 0.05) is 6.42 Å². The number of carbonyl (C=O) groups is 1. The van der Waals surface area contributed by atoms with Crippen molar-refractivity contribution in [2.75, 3.05) is 0 Å². The Hall–Kier alpha value is -0.590. The molecule has 1 heteroatoms. The Kier molecular flexibility index (Phi) is 9.55. The summed E-state index contributed by atoms with van der Waals surface area (Å²) < 4.78 is 0. The van der Waals surface area contributed by atoms with Crippen LogP contribution in [0.3, 0.4) is 0 Å². The molecule has 0 aromatic rings. The fourth-order valence-corrected chi connectivity index (χ4v) is 1.62. The third-order valence-corrected chi connectivity index (χ3v) is 2.68. The molecule has 0 heterocycles. The van der Waals surface area contributed by atoms with Crippen molar-refractivity contribution in [1.29, 1.82) is 0 Å². The van der Waals surface area contributed by atoms with Crippen molar-refractivity contribution in [3.63, 3.8) is 0 Å². The normalized spacial score (nSPS) is 11.8. The van der Waals surface area contributed by atoms with E-state index in [9.17, 15) is 4.79 Å². The molecule has 0 aliphatic heterocycles. The van der Waals surface area contributed by atoms with Gasteiger partial charge in [-0.1, -0.05) is 46.1 Å². The summed E-state index contributed by atoms with van der Waals surface area (Å²) in [5, 5.41) is 0. The summed E-state index contributed by atoms with van der Waals surface area (Å²) in [5.74, 6) is 0.347. The van der Waals surface area contributed by atoms with Crippen LogP contribution in [0.1, 0.15) is 72.1 Å². The van der Waals surface area contributed by atoms with Crippen LogP contribution >= 0.6 is 0 Å². The standard InChI is InChI=1S/C14H26O/c1-4-7-9-10-12-13(11-8-5-2)14(15)6-3/h12H,4-11H2,1-3H3/b13-12-. The minimum Gasteiger partial charge on any atom is -0.295 e. The molecule has 0 atom stereocenters. The van der Waals surface area contributed by atoms with Crippen LogP contribution in [0, 0.1) is 0 Å². The second kappa shape index (κ2) is 9.95. The molecule has 0 saturated heterocycles. The second-order valence-corrected chi connectivity index (χ2v) is 4.11. The maximum Gasteiger partial charge on any atom is 0.158 e. The van der Waals surface area contributed by atoms with Gasteiger partial charge in [-0.3, -0.25) is 4.79 Å². The number of carbonyl (C=O) groups excluding carboxylic acids is 1. The van der Waals surface area contributed by atoms with Crippen molar-refractivity contribution in [2.45, 2.75) is 72.1 Å². The molecule has 0 saturated carbocycles. The third-order valence-electron chi connectivity index (χ3n) is 2.68. The number of rotatable bonds is 9. The number of unbranched alkanes of at least 4 members (excludes halogenated alkanes) is 4. The molecular weight excluding hydrogens is 184 g/mol. The summed E-state index contributed by atoms with van der Waals surface area (Å²) in [5.41, 5.74) is 1.08. The first-order valence-electron chi connectivity index (χ1n) is 6.48. The third kappa shape index (κ3) is 7.35. The molecule has 0 amide bonds. The maximum absolute atomic E-state index is 11.6. The highest BCUT2D eigenvalue weighted by Crippen LogP contribution is 2.13. The Bertz CT molecular complexity index is 192. The van der Waals surface area contributed by atoms with Gasteiger partial charge in [0.1, 0.15) is 0 Å². The largest absolute Gasteiger partial charge is 0.295 e. The van der Waals surface area contributed by atoms with Crippen molar-refractivity contribution >= 4 is 5.78 Å². The zero-order valence-corrected chi connectivity index (χ0v) is 10.6. The van der Waals surface area contributed by atoms with E-state index < -0.39 is 0 Å². The van der Waals surface area contributed by atoms with Crippen LogP contribution in [0.2, 0.25) is 0 Å². The minimum atomic E-state index is 0.347. The smallest absolute Gasteiger partial charge is 0.158 e. The molecule has 0 aromatic carbocycles. The van der Waals surface area contributed by atoms with E-state index in [0.717, 1.165) is 24.8 Å². The Balaban J connectivity index is 4.03. The van der Waals surface area contributed by atoms with Gasteiger partial charge in [0.25, 0.3) is 0 Å². The molecule has 0 radical (unpaired) electrons. The molecule has 88 valence electrons. The van der Waals surface area contributed by atoms with Crippen LogP contribution in [-0.2, 0) is 4.79 Å². The lowest BCUT2D eigenvalue weighted by Crippen LogP contribution is -2.00. The van der Waals surface area contributed by atoms with E-state index >= 15 is 0 Å². The highest BCUT2D eigenvalue weighted by Gasteiger charge is 2.05. The van der Waals surface area contributed by atoms with Gasteiger partial charge in [0.15, 0.2) is 5.78 Å². The number of hydrogen-bond donors (Lipinski definition) is 0. The van der Waals surface area contributed by atoms with Crippen LogP contribution in [-0.4, -0.2) is 5.78 Å². The number of Topliss-reactive ketones (excluding diaryl/α,β-unsaturated/α-hetero) is 1.